The molecule has 0 atom stereocenters. The van der Waals surface area contributed by atoms with Gasteiger partial charge in [-0.2, -0.15) is 0 Å². The normalized spacial score (nSPS) is 10.3. The smallest absolute Gasteiger partial charge is 0.0532 e. The minimum absolute atomic E-state index is 0.846. The van der Waals surface area contributed by atoms with Gasteiger partial charge in [-0.05, 0) is 43.5 Å². The van der Waals surface area contributed by atoms with Gasteiger partial charge in [-0.15, -0.1) is 0 Å². The zero-order valence-electron chi connectivity index (χ0n) is 10.6. The third-order valence-corrected chi connectivity index (χ3v) is 2.86. The van der Waals surface area contributed by atoms with Crippen LogP contribution in [-0.2, 0) is 6.54 Å². The number of rotatable bonds is 3. The molecule has 0 aliphatic carbocycles. The number of hydrogen-bond donors (Lipinski definition) is 1. The van der Waals surface area contributed by atoms with Gasteiger partial charge in [0.25, 0.3) is 0 Å². The molecule has 17 heavy (non-hydrogen) atoms. The first-order valence-electron chi connectivity index (χ1n) is 5.87. The molecule has 1 heterocycles. The van der Waals surface area contributed by atoms with Crippen LogP contribution >= 0.6 is 0 Å². The molecule has 0 saturated carbocycles. The Hall–Kier alpha value is -1.83. The Morgan fingerprint density at radius 3 is 2.59 bits per heavy atom. The summed E-state index contributed by atoms with van der Waals surface area (Å²) in [5.74, 6) is 0. The second kappa shape index (κ2) is 5.00. The van der Waals surface area contributed by atoms with Gasteiger partial charge in [0.15, 0.2) is 0 Å². The van der Waals surface area contributed by atoms with Crippen LogP contribution in [-0.4, -0.2) is 4.98 Å². The van der Waals surface area contributed by atoms with Gasteiger partial charge >= 0.3 is 0 Å². The highest BCUT2D eigenvalue weighted by atomic mass is 14.9. The standard InChI is InChI=1S/C15H18N2/c1-11-4-5-13(3)14(6-11)9-17-15-7-12(2)8-16-10-15/h4-8,10,17H,9H2,1-3H3. The third-order valence-electron chi connectivity index (χ3n) is 2.86. The first-order chi connectivity index (χ1) is 8.15. The van der Waals surface area contributed by atoms with Gasteiger partial charge in [0.05, 0.1) is 5.69 Å². The van der Waals surface area contributed by atoms with Crippen LogP contribution in [0.25, 0.3) is 0 Å². The van der Waals surface area contributed by atoms with E-state index in [1.54, 1.807) is 0 Å². The van der Waals surface area contributed by atoms with Gasteiger partial charge in [-0.3, -0.25) is 4.98 Å². The predicted octanol–water partition coefficient (Wildman–Crippen LogP) is 3.62. The molecule has 2 heteroatoms. The van der Waals surface area contributed by atoms with E-state index in [9.17, 15) is 0 Å². The van der Waals surface area contributed by atoms with Crippen molar-refractivity contribution in [1.82, 2.24) is 4.98 Å². The van der Waals surface area contributed by atoms with Crippen molar-refractivity contribution >= 4 is 5.69 Å². The Morgan fingerprint density at radius 2 is 1.82 bits per heavy atom. The fourth-order valence-corrected chi connectivity index (χ4v) is 1.84. The van der Waals surface area contributed by atoms with Gasteiger partial charge in [0, 0.05) is 18.9 Å². The number of nitrogens with one attached hydrogen (secondary N) is 1. The summed E-state index contributed by atoms with van der Waals surface area (Å²) in [6.45, 7) is 7.16. The van der Waals surface area contributed by atoms with E-state index in [2.05, 4.69) is 55.3 Å². The van der Waals surface area contributed by atoms with E-state index in [0.717, 1.165) is 12.2 Å². The molecule has 0 amide bonds. The van der Waals surface area contributed by atoms with Crippen LogP contribution in [0.4, 0.5) is 5.69 Å². The summed E-state index contributed by atoms with van der Waals surface area (Å²) in [5.41, 5.74) is 6.21. The molecule has 1 aromatic carbocycles. The molecule has 1 aromatic heterocycles. The van der Waals surface area contributed by atoms with Crippen LogP contribution in [0.2, 0.25) is 0 Å². The Balaban J connectivity index is 2.09. The number of aryl methyl sites for hydroxylation is 3. The molecule has 2 rings (SSSR count). The van der Waals surface area contributed by atoms with E-state index < -0.39 is 0 Å². The molecule has 0 fully saturated rings. The molecule has 2 nitrogen and oxygen atoms in total. The fourth-order valence-electron chi connectivity index (χ4n) is 1.84. The maximum Gasteiger partial charge on any atom is 0.0532 e. The minimum Gasteiger partial charge on any atom is -0.380 e. The maximum absolute atomic E-state index is 4.17. The SMILES string of the molecule is Cc1cncc(NCc2cc(C)ccc2C)c1. The summed E-state index contributed by atoms with van der Waals surface area (Å²) >= 11 is 0. The Labute approximate surface area is 103 Å². The summed E-state index contributed by atoms with van der Waals surface area (Å²) in [6, 6.07) is 8.65. The Kier molecular flexibility index (Phi) is 3.43. The zero-order chi connectivity index (χ0) is 12.3. The predicted molar refractivity (Wildman–Crippen MR) is 72.2 cm³/mol. The van der Waals surface area contributed by atoms with Gasteiger partial charge in [-0.1, -0.05) is 23.8 Å². The lowest BCUT2D eigenvalue weighted by atomic mass is 10.1. The van der Waals surface area contributed by atoms with E-state index in [1.165, 1.54) is 22.3 Å². The van der Waals surface area contributed by atoms with Crippen LogP contribution in [0.3, 0.4) is 0 Å². The molecule has 0 aliphatic rings. The largest absolute Gasteiger partial charge is 0.380 e. The van der Waals surface area contributed by atoms with Crippen molar-refractivity contribution in [2.24, 2.45) is 0 Å². The summed E-state index contributed by atoms with van der Waals surface area (Å²) in [4.78, 5) is 4.17. The van der Waals surface area contributed by atoms with E-state index >= 15 is 0 Å². The highest BCUT2D eigenvalue weighted by molar-refractivity contribution is 5.44. The van der Waals surface area contributed by atoms with Gasteiger partial charge in [-0.25, -0.2) is 0 Å². The molecule has 0 saturated heterocycles. The lowest BCUT2D eigenvalue weighted by Crippen LogP contribution is -2.02. The van der Waals surface area contributed by atoms with Crippen LogP contribution in [0.1, 0.15) is 22.3 Å². The number of aromatic nitrogens is 1. The van der Waals surface area contributed by atoms with Crippen molar-refractivity contribution in [3.63, 3.8) is 0 Å². The van der Waals surface area contributed by atoms with Crippen molar-refractivity contribution in [3.8, 4) is 0 Å². The molecule has 0 unspecified atom stereocenters. The minimum atomic E-state index is 0.846. The molecular formula is C15H18N2. The van der Waals surface area contributed by atoms with Crippen LogP contribution < -0.4 is 5.32 Å². The van der Waals surface area contributed by atoms with E-state index in [-0.39, 0.29) is 0 Å². The average molecular weight is 226 g/mol. The van der Waals surface area contributed by atoms with Crippen molar-refractivity contribution < 1.29 is 0 Å². The van der Waals surface area contributed by atoms with Crippen LogP contribution in [0.15, 0.2) is 36.7 Å². The third kappa shape index (κ3) is 3.06. The fraction of sp³-hybridized carbons (Fsp3) is 0.267. The van der Waals surface area contributed by atoms with Gasteiger partial charge in [0.1, 0.15) is 0 Å². The summed E-state index contributed by atoms with van der Waals surface area (Å²) in [7, 11) is 0. The lowest BCUT2D eigenvalue weighted by Gasteiger charge is -2.10. The molecular weight excluding hydrogens is 208 g/mol. The van der Waals surface area contributed by atoms with Crippen molar-refractivity contribution in [1.29, 1.82) is 0 Å². The van der Waals surface area contributed by atoms with E-state index in [0.29, 0.717) is 0 Å². The van der Waals surface area contributed by atoms with Gasteiger partial charge < -0.3 is 5.32 Å². The highest BCUT2D eigenvalue weighted by Gasteiger charge is 1.99. The Morgan fingerprint density at radius 1 is 1.00 bits per heavy atom. The second-order valence-corrected chi connectivity index (χ2v) is 4.53. The Bertz CT molecular complexity index is 518. The maximum atomic E-state index is 4.17. The summed E-state index contributed by atoms with van der Waals surface area (Å²) < 4.78 is 0. The quantitative estimate of drug-likeness (QED) is 0.864. The van der Waals surface area contributed by atoms with Crippen LogP contribution in [0, 0.1) is 20.8 Å². The first kappa shape index (κ1) is 11.6. The van der Waals surface area contributed by atoms with Crippen molar-refractivity contribution in [2.75, 3.05) is 5.32 Å². The number of pyridine rings is 1. The lowest BCUT2D eigenvalue weighted by molar-refractivity contribution is 1.10. The van der Waals surface area contributed by atoms with Crippen LogP contribution in [0.5, 0.6) is 0 Å². The monoisotopic (exact) mass is 226 g/mol. The molecule has 1 N–H and O–H groups in total. The molecule has 0 aliphatic heterocycles. The topological polar surface area (TPSA) is 24.9 Å². The number of benzene rings is 1. The second-order valence-electron chi connectivity index (χ2n) is 4.53. The van der Waals surface area contributed by atoms with E-state index in [1.807, 2.05) is 12.4 Å². The summed E-state index contributed by atoms with van der Waals surface area (Å²) in [6.07, 6.45) is 3.72. The number of hydrogen-bond acceptors (Lipinski definition) is 2. The highest BCUT2D eigenvalue weighted by Crippen LogP contribution is 2.14. The van der Waals surface area contributed by atoms with Gasteiger partial charge in [0.2, 0.25) is 0 Å². The molecule has 2 aromatic rings. The number of nitrogens with zero attached hydrogens (tertiary/aromatic N) is 1. The molecule has 0 spiro atoms. The summed E-state index contributed by atoms with van der Waals surface area (Å²) in [5, 5.41) is 3.41. The molecule has 88 valence electrons. The number of anilines is 1. The molecule has 0 bridgehead atoms. The molecule has 0 radical (unpaired) electrons. The van der Waals surface area contributed by atoms with Crippen molar-refractivity contribution in [2.45, 2.75) is 27.3 Å². The van der Waals surface area contributed by atoms with Crippen molar-refractivity contribution in [3.05, 3.63) is 58.9 Å². The average Bonchev–Trinajstić information content (AvgIpc) is 2.30. The zero-order valence-corrected chi connectivity index (χ0v) is 10.6. The van der Waals surface area contributed by atoms with E-state index in [4.69, 9.17) is 0 Å². The first-order valence-corrected chi connectivity index (χ1v) is 5.87.